The number of nitrogens with zero attached hydrogens (tertiary/aromatic N) is 2. The van der Waals surface area contributed by atoms with Crippen molar-refractivity contribution in [3.8, 4) is 5.75 Å². The molecule has 2 aliphatic rings. The van der Waals surface area contributed by atoms with Crippen LogP contribution in [0.4, 0.5) is 16.2 Å². The Morgan fingerprint density at radius 2 is 1.82 bits per heavy atom. The molecular weight excluding hydrogens is 442 g/mol. The van der Waals surface area contributed by atoms with Crippen LogP contribution in [-0.2, 0) is 9.59 Å². The smallest absolute Gasteiger partial charge is 0.335 e. The Bertz CT molecular complexity index is 1190. The topological polar surface area (TPSA) is 79.0 Å². The third-order valence-electron chi connectivity index (χ3n) is 6.48. The monoisotopic (exact) mass is 467 g/mol. The molecule has 0 aromatic heterocycles. The van der Waals surface area contributed by atoms with Gasteiger partial charge in [-0.1, -0.05) is 18.5 Å². The van der Waals surface area contributed by atoms with Gasteiger partial charge in [0.05, 0.1) is 12.8 Å². The van der Waals surface area contributed by atoms with Crippen molar-refractivity contribution < 1.29 is 19.1 Å². The lowest BCUT2D eigenvalue weighted by Crippen LogP contribution is -2.54. The van der Waals surface area contributed by atoms with Crippen LogP contribution < -0.4 is 19.9 Å². The Balaban J connectivity index is 1.75. The van der Waals surface area contributed by atoms with Crippen molar-refractivity contribution in [3.63, 3.8) is 0 Å². The van der Waals surface area contributed by atoms with E-state index in [0.717, 1.165) is 22.6 Å². The summed E-state index contributed by atoms with van der Waals surface area (Å²) >= 11 is 6.59. The average Bonchev–Trinajstić information content (AvgIpc) is 2.75. The highest BCUT2D eigenvalue weighted by Crippen LogP contribution is 2.44. The number of halogens is 1. The number of carbonyl (C=O) groups is 3. The molecule has 2 aliphatic heterocycles. The number of nitrogens with one attached hydrogen (secondary N) is 1. The molecule has 1 saturated heterocycles. The molecule has 0 spiro atoms. The molecule has 1 atom stereocenters. The van der Waals surface area contributed by atoms with E-state index >= 15 is 0 Å². The zero-order valence-electron chi connectivity index (χ0n) is 19.2. The second kappa shape index (κ2) is 8.23. The highest BCUT2D eigenvalue weighted by Gasteiger charge is 2.38. The molecule has 2 aromatic carbocycles. The molecule has 0 unspecified atom stereocenters. The van der Waals surface area contributed by atoms with Crippen molar-refractivity contribution in [1.82, 2.24) is 5.32 Å². The first-order valence-electron chi connectivity index (χ1n) is 10.7. The molecule has 2 aromatic rings. The van der Waals surface area contributed by atoms with Gasteiger partial charge >= 0.3 is 6.03 Å². The minimum atomic E-state index is -0.804. The van der Waals surface area contributed by atoms with Gasteiger partial charge in [0.25, 0.3) is 11.8 Å². The molecular formula is C25H26ClN3O4. The standard InChI is InChI=1S/C25H26ClN3O4/c1-14-13-25(2,3)28(4)21-12-20(26)15(10-18(14)21)11-19-22(30)27-24(32)29(23(19)31)16-6-8-17(33-5)9-7-16/h6-12,14H,13H2,1-5H3,(H,27,30,32)/b19-11+/t14-/m1/s1. The molecule has 33 heavy (non-hydrogen) atoms. The molecule has 8 heteroatoms. The van der Waals surface area contributed by atoms with Crippen LogP contribution in [0.3, 0.4) is 0 Å². The summed E-state index contributed by atoms with van der Waals surface area (Å²) in [5.74, 6) is -0.615. The van der Waals surface area contributed by atoms with Gasteiger partial charge in [-0.05, 0) is 79.8 Å². The fraction of sp³-hybridized carbons (Fsp3) is 0.320. The quantitative estimate of drug-likeness (QED) is 0.521. The minimum Gasteiger partial charge on any atom is -0.497 e. The molecule has 7 nitrogen and oxygen atoms in total. The fourth-order valence-electron chi connectivity index (χ4n) is 4.49. The Hall–Kier alpha value is -3.32. The van der Waals surface area contributed by atoms with E-state index in [-0.39, 0.29) is 17.0 Å². The first-order chi connectivity index (χ1) is 15.5. The summed E-state index contributed by atoms with van der Waals surface area (Å²) in [4.78, 5) is 41.4. The maximum absolute atomic E-state index is 13.2. The second-order valence-electron chi connectivity index (χ2n) is 9.07. The molecule has 2 heterocycles. The maximum atomic E-state index is 13.2. The van der Waals surface area contributed by atoms with Gasteiger partial charge in [0.1, 0.15) is 11.3 Å². The lowest BCUT2D eigenvalue weighted by Gasteiger charge is -2.45. The number of amides is 4. The molecule has 4 rings (SSSR count). The van der Waals surface area contributed by atoms with Crippen molar-refractivity contribution in [2.45, 2.75) is 38.6 Å². The zero-order valence-corrected chi connectivity index (χ0v) is 20.0. The zero-order chi connectivity index (χ0) is 24.1. The number of urea groups is 1. The van der Waals surface area contributed by atoms with Gasteiger partial charge in [0, 0.05) is 23.3 Å². The summed E-state index contributed by atoms with van der Waals surface area (Å²) in [5.41, 5.74) is 2.82. The number of imide groups is 2. The normalized spacial score (nSPS) is 21.2. The fourth-order valence-corrected chi connectivity index (χ4v) is 4.71. The number of methoxy groups -OCH3 is 1. The Morgan fingerprint density at radius 3 is 2.45 bits per heavy atom. The van der Waals surface area contributed by atoms with Crippen molar-refractivity contribution >= 4 is 46.9 Å². The van der Waals surface area contributed by atoms with Crippen molar-refractivity contribution in [2.75, 3.05) is 24.0 Å². The molecule has 1 N–H and O–H groups in total. The van der Waals surface area contributed by atoms with Crippen LogP contribution in [0.25, 0.3) is 6.08 Å². The Morgan fingerprint density at radius 1 is 1.15 bits per heavy atom. The van der Waals surface area contributed by atoms with Crippen LogP contribution >= 0.6 is 11.6 Å². The number of rotatable bonds is 3. The molecule has 0 saturated carbocycles. The number of anilines is 2. The number of hydrogen-bond donors (Lipinski definition) is 1. The highest BCUT2D eigenvalue weighted by molar-refractivity contribution is 6.40. The molecule has 0 radical (unpaired) electrons. The SMILES string of the molecule is COc1ccc(N2C(=O)NC(=O)/C(=C\c3cc4c(cc3Cl)N(C)C(C)(C)C[C@H]4C)C2=O)cc1. The Kier molecular flexibility index (Phi) is 5.70. The number of ether oxygens (including phenoxy) is 1. The average molecular weight is 468 g/mol. The lowest BCUT2D eigenvalue weighted by atomic mass is 9.80. The minimum absolute atomic E-state index is 0.0197. The van der Waals surface area contributed by atoms with E-state index in [9.17, 15) is 14.4 Å². The summed E-state index contributed by atoms with van der Waals surface area (Å²) in [7, 11) is 3.56. The van der Waals surface area contributed by atoms with Crippen LogP contribution in [0.5, 0.6) is 5.75 Å². The van der Waals surface area contributed by atoms with Crippen LogP contribution in [0.2, 0.25) is 5.02 Å². The van der Waals surface area contributed by atoms with Crippen LogP contribution in [0.1, 0.15) is 44.2 Å². The number of benzene rings is 2. The first-order valence-corrected chi connectivity index (χ1v) is 11.0. The van der Waals surface area contributed by atoms with Gasteiger partial charge in [-0.15, -0.1) is 0 Å². The maximum Gasteiger partial charge on any atom is 0.335 e. The van der Waals surface area contributed by atoms with E-state index in [2.05, 4.69) is 31.0 Å². The van der Waals surface area contributed by atoms with Crippen LogP contribution in [-0.4, -0.2) is 37.5 Å². The van der Waals surface area contributed by atoms with Gasteiger partial charge in [0.15, 0.2) is 0 Å². The summed E-state index contributed by atoms with van der Waals surface area (Å²) in [6.45, 7) is 6.53. The third-order valence-corrected chi connectivity index (χ3v) is 6.81. The van der Waals surface area contributed by atoms with E-state index in [0.29, 0.717) is 22.0 Å². The molecule has 172 valence electrons. The first kappa shape index (κ1) is 22.9. The van der Waals surface area contributed by atoms with Crippen LogP contribution in [0, 0.1) is 0 Å². The van der Waals surface area contributed by atoms with Gasteiger partial charge in [-0.25, -0.2) is 9.69 Å². The number of hydrogen-bond acceptors (Lipinski definition) is 5. The van der Waals surface area contributed by atoms with E-state index in [1.54, 1.807) is 24.3 Å². The summed E-state index contributed by atoms with van der Waals surface area (Å²) < 4.78 is 5.13. The van der Waals surface area contributed by atoms with E-state index in [1.165, 1.54) is 13.2 Å². The third kappa shape index (κ3) is 3.97. The molecule has 0 aliphatic carbocycles. The van der Waals surface area contributed by atoms with Crippen molar-refractivity contribution in [1.29, 1.82) is 0 Å². The van der Waals surface area contributed by atoms with Gasteiger partial charge < -0.3 is 9.64 Å². The van der Waals surface area contributed by atoms with E-state index < -0.39 is 17.8 Å². The summed E-state index contributed by atoms with van der Waals surface area (Å²) in [6, 6.07) is 9.42. The van der Waals surface area contributed by atoms with E-state index in [1.807, 2.05) is 19.2 Å². The van der Waals surface area contributed by atoms with Gasteiger partial charge in [-0.2, -0.15) is 0 Å². The summed E-state index contributed by atoms with van der Waals surface area (Å²) in [6.07, 6.45) is 2.41. The largest absolute Gasteiger partial charge is 0.497 e. The highest BCUT2D eigenvalue weighted by atomic mass is 35.5. The Labute approximate surface area is 198 Å². The number of barbiturate groups is 1. The van der Waals surface area contributed by atoms with Gasteiger partial charge in [-0.3, -0.25) is 14.9 Å². The number of fused-ring (bicyclic) bond motifs is 1. The molecule has 4 amide bonds. The van der Waals surface area contributed by atoms with Crippen molar-refractivity contribution in [3.05, 3.63) is 58.1 Å². The molecule has 1 fully saturated rings. The van der Waals surface area contributed by atoms with E-state index in [4.69, 9.17) is 16.3 Å². The van der Waals surface area contributed by atoms with Crippen LogP contribution in [0.15, 0.2) is 42.0 Å². The predicted octanol–water partition coefficient (Wildman–Crippen LogP) is 4.74. The second-order valence-corrected chi connectivity index (χ2v) is 9.47. The lowest BCUT2D eigenvalue weighted by molar-refractivity contribution is -0.122. The predicted molar refractivity (Wildman–Crippen MR) is 129 cm³/mol. The molecule has 0 bridgehead atoms. The van der Waals surface area contributed by atoms with Crippen molar-refractivity contribution in [2.24, 2.45) is 0 Å². The summed E-state index contributed by atoms with van der Waals surface area (Å²) in [5, 5.41) is 2.66. The number of carbonyl (C=O) groups excluding carboxylic acids is 3. The van der Waals surface area contributed by atoms with Gasteiger partial charge in [0.2, 0.25) is 0 Å².